The van der Waals surface area contributed by atoms with Gasteiger partial charge < -0.3 is 5.32 Å². The minimum atomic E-state index is 0.0228. The molecule has 4 nitrogen and oxygen atoms in total. The summed E-state index contributed by atoms with van der Waals surface area (Å²) in [6.45, 7) is 4.90. The van der Waals surface area contributed by atoms with Crippen LogP contribution in [0.5, 0.6) is 0 Å². The summed E-state index contributed by atoms with van der Waals surface area (Å²) >= 11 is 0. The summed E-state index contributed by atoms with van der Waals surface area (Å²) in [4.78, 5) is 12.3. The third-order valence-electron chi connectivity index (χ3n) is 5.04. The molecule has 19 heavy (non-hydrogen) atoms. The van der Waals surface area contributed by atoms with Crippen molar-refractivity contribution < 1.29 is 4.79 Å². The predicted octanol–water partition coefficient (Wildman–Crippen LogP) is 2.46. The Morgan fingerprint density at radius 3 is 3.00 bits per heavy atom. The normalized spacial score (nSPS) is 30.5. The largest absolute Gasteiger partial charge is 0.348 e. The Labute approximate surface area is 114 Å². The van der Waals surface area contributed by atoms with Crippen molar-refractivity contribution in [1.29, 1.82) is 0 Å². The average Bonchev–Trinajstić information content (AvgIpc) is 3.13. The molecule has 3 rings (SSSR count). The highest BCUT2D eigenvalue weighted by Gasteiger charge is 2.42. The van der Waals surface area contributed by atoms with Gasteiger partial charge in [-0.2, -0.15) is 5.10 Å². The Kier molecular flexibility index (Phi) is 3.33. The lowest BCUT2D eigenvalue weighted by Gasteiger charge is -2.28. The fourth-order valence-electron chi connectivity index (χ4n) is 4.07. The lowest BCUT2D eigenvalue weighted by molar-refractivity contribution is 0.0904. The van der Waals surface area contributed by atoms with E-state index in [1.165, 1.54) is 25.7 Å². The smallest absolute Gasteiger partial charge is 0.269 e. The minimum Gasteiger partial charge on any atom is -0.348 e. The van der Waals surface area contributed by atoms with E-state index in [1.807, 2.05) is 6.92 Å². The van der Waals surface area contributed by atoms with Crippen LogP contribution in [0.25, 0.3) is 0 Å². The molecule has 2 fully saturated rings. The highest BCUT2D eigenvalue weighted by Crippen LogP contribution is 2.49. The van der Waals surface area contributed by atoms with Gasteiger partial charge in [-0.1, -0.05) is 6.42 Å². The van der Waals surface area contributed by atoms with Crippen molar-refractivity contribution in [2.24, 2.45) is 17.8 Å². The van der Waals surface area contributed by atoms with E-state index in [2.05, 4.69) is 17.3 Å². The van der Waals surface area contributed by atoms with Gasteiger partial charge in [-0.05, 0) is 56.9 Å². The third kappa shape index (κ3) is 2.28. The molecule has 0 unspecified atom stereocenters. The Bertz CT molecular complexity index is 468. The summed E-state index contributed by atoms with van der Waals surface area (Å²) in [5.74, 6) is 2.47. The van der Waals surface area contributed by atoms with Gasteiger partial charge in [-0.25, -0.2) is 0 Å². The van der Waals surface area contributed by atoms with Gasteiger partial charge in [0.2, 0.25) is 0 Å². The fraction of sp³-hybridized carbons (Fsp3) is 0.733. The van der Waals surface area contributed by atoms with Gasteiger partial charge >= 0.3 is 0 Å². The molecule has 1 aromatic heterocycles. The highest BCUT2D eigenvalue weighted by molar-refractivity contribution is 5.92. The average molecular weight is 261 g/mol. The molecular formula is C15H23N3O. The molecule has 2 aliphatic carbocycles. The molecule has 1 amide bonds. The van der Waals surface area contributed by atoms with Crippen molar-refractivity contribution >= 4 is 5.91 Å². The number of nitrogens with zero attached hydrogens (tertiary/aromatic N) is 2. The van der Waals surface area contributed by atoms with Crippen LogP contribution >= 0.6 is 0 Å². The zero-order valence-electron chi connectivity index (χ0n) is 11.8. The number of fused-ring (bicyclic) bond motifs is 2. The number of hydrogen-bond donors (Lipinski definition) is 1. The van der Waals surface area contributed by atoms with Crippen LogP contribution in [0.2, 0.25) is 0 Å². The van der Waals surface area contributed by atoms with Crippen LogP contribution in [0.4, 0.5) is 0 Å². The van der Waals surface area contributed by atoms with Crippen LogP contribution in [0, 0.1) is 17.8 Å². The molecule has 4 atom stereocenters. The number of nitrogens with one attached hydrogen (secondary N) is 1. The summed E-state index contributed by atoms with van der Waals surface area (Å²) < 4.78 is 1.75. The summed E-state index contributed by atoms with van der Waals surface area (Å²) in [5.41, 5.74) is 0.678. The van der Waals surface area contributed by atoms with E-state index in [1.54, 1.807) is 16.9 Å². The summed E-state index contributed by atoms with van der Waals surface area (Å²) in [7, 11) is 0. The van der Waals surface area contributed by atoms with E-state index in [0.29, 0.717) is 11.6 Å². The predicted molar refractivity (Wildman–Crippen MR) is 73.8 cm³/mol. The summed E-state index contributed by atoms with van der Waals surface area (Å²) in [6.07, 6.45) is 7.16. The number of hydrogen-bond acceptors (Lipinski definition) is 2. The molecule has 0 aliphatic heterocycles. The van der Waals surface area contributed by atoms with Gasteiger partial charge in [-0.15, -0.1) is 0 Å². The van der Waals surface area contributed by atoms with Gasteiger partial charge in [-0.3, -0.25) is 9.48 Å². The molecule has 0 radical (unpaired) electrons. The zero-order valence-corrected chi connectivity index (χ0v) is 11.8. The monoisotopic (exact) mass is 261 g/mol. The summed E-state index contributed by atoms with van der Waals surface area (Å²) in [6, 6.07) is 2.08. The fourth-order valence-corrected chi connectivity index (χ4v) is 4.07. The summed E-state index contributed by atoms with van der Waals surface area (Å²) in [5, 5.41) is 7.34. The molecule has 2 aliphatic rings. The third-order valence-corrected chi connectivity index (χ3v) is 5.04. The first-order valence-electron chi connectivity index (χ1n) is 7.51. The van der Waals surface area contributed by atoms with E-state index < -0.39 is 0 Å². The van der Waals surface area contributed by atoms with Crippen LogP contribution in [0.1, 0.15) is 50.0 Å². The Morgan fingerprint density at radius 1 is 1.53 bits per heavy atom. The lowest BCUT2D eigenvalue weighted by Crippen LogP contribution is -2.40. The second-order valence-corrected chi connectivity index (χ2v) is 6.13. The van der Waals surface area contributed by atoms with Crippen molar-refractivity contribution in [3.05, 3.63) is 18.0 Å². The maximum absolute atomic E-state index is 12.3. The molecule has 0 aromatic carbocycles. The van der Waals surface area contributed by atoms with Crippen LogP contribution in [0.3, 0.4) is 0 Å². The molecular weight excluding hydrogens is 238 g/mol. The number of rotatable bonds is 4. The van der Waals surface area contributed by atoms with Crippen LogP contribution < -0.4 is 5.32 Å². The number of amides is 1. The molecule has 1 N–H and O–H groups in total. The van der Waals surface area contributed by atoms with Crippen molar-refractivity contribution in [2.45, 2.75) is 52.1 Å². The van der Waals surface area contributed by atoms with Gasteiger partial charge in [0.1, 0.15) is 5.69 Å². The molecule has 0 saturated heterocycles. The molecule has 104 valence electrons. The van der Waals surface area contributed by atoms with Gasteiger partial charge in [0.15, 0.2) is 0 Å². The topological polar surface area (TPSA) is 46.9 Å². The molecule has 0 spiro atoms. The van der Waals surface area contributed by atoms with Crippen LogP contribution in [-0.2, 0) is 6.54 Å². The van der Waals surface area contributed by atoms with Gasteiger partial charge in [0.25, 0.3) is 5.91 Å². The van der Waals surface area contributed by atoms with E-state index >= 15 is 0 Å². The Morgan fingerprint density at radius 2 is 2.37 bits per heavy atom. The van der Waals surface area contributed by atoms with E-state index in [9.17, 15) is 4.79 Å². The first-order chi connectivity index (χ1) is 9.19. The van der Waals surface area contributed by atoms with Crippen molar-refractivity contribution in [3.63, 3.8) is 0 Å². The van der Waals surface area contributed by atoms with Crippen molar-refractivity contribution in [3.8, 4) is 0 Å². The first kappa shape index (κ1) is 12.7. The molecule has 1 heterocycles. The minimum absolute atomic E-state index is 0.0228. The molecule has 4 heteroatoms. The maximum atomic E-state index is 12.3. The van der Waals surface area contributed by atoms with E-state index in [-0.39, 0.29) is 11.9 Å². The van der Waals surface area contributed by atoms with Gasteiger partial charge in [0.05, 0.1) is 0 Å². The SMILES string of the molecule is CCn1nccc1C(=O)N[C@H](C)[C@@H]1C[C@H]2CC[C@H]1C2. The number of carbonyl (C=O) groups excluding carboxylic acids is 1. The second-order valence-electron chi connectivity index (χ2n) is 6.13. The number of carbonyl (C=O) groups is 1. The molecule has 2 saturated carbocycles. The molecule has 2 bridgehead atoms. The Balaban J connectivity index is 1.63. The quantitative estimate of drug-likeness (QED) is 0.905. The van der Waals surface area contributed by atoms with Crippen molar-refractivity contribution in [2.75, 3.05) is 0 Å². The van der Waals surface area contributed by atoms with Crippen LogP contribution in [-0.4, -0.2) is 21.7 Å². The number of aromatic nitrogens is 2. The lowest BCUT2D eigenvalue weighted by atomic mass is 9.84. The maximum Gasteiger partial charge on any atom is 0.269 e. The molecule has 1 aromatic rings. The second kappa shape index (κ2) is 4.99. The highest BCUT2D eigenvalue weighted by atomic mass is 16.2. The van der Waals surface area contributed by atoms with Gasteiger partial charge in [0, 0.05) is 18.8 Å². The van der Waals surface area contributed by atoms with E-state index in [0.717, 1.165) is 18.4 Å². The zero-order chi connectivity index (χ0) is 13.4. The van der Waals surface area contributed by atoms with E-state index in [4.69, 9.17) is 0 Å². The van der Waals surface area contributed by atoms with Crippen LogP contribution in [0.15, 0.2) is 12.3 Å². The Hall–Kier alpha value is -1.32. The number of aryl methyl sites for hydroxylation is 1. The first-order valence-corrected chi connectivity index (χ1v) is 7.51. The van der Waals surface area contributed by atoms with Crippen molar-refractivity contribution in [1.82, 2.24) is 15.1 Å². The standard InChI is InChI=1S/C15H23N3O/c1-3-18-14(6-7-16-18)15(19)17-10(2)13-9-11-4-5-12(13)8-11/h6-7,10-13H,3-5,8-9H2,1-2H3,(H,17,19)/t10-,11+,12+,13+/m1/s1.